The van der Waals surface area contributed by atoms with Gasteiger partial charge in [0.15, 0.2) is 13.2 Å². The van der Waals surface area contributed by atoms with Gasteiger partial charge in [-0.1, -0.05) is 61.5 Å². The third-order valence-electron chi connectivity index (χ3n) is 4.14. The van der Waals surface area contributed by atoms with Crippen molar-refractivity contribution in [1.29, 1.82) is 0 Å². The molecular weight excluding hydrogens is 328 g/mol. The lowest BCUT2D eigenvalue weighted by molar-refractivity contribution is -0.144. The van der Waals surface area contributed by atoms with Crippen molar-refractivity contribution in [3.05, 3.63) is 77.9 Å². The summed E-state index contributed by atoms with van der Waals surface area (Å²) in [6, 6.07) is 20.6. The van der Waals surface area contributed by atoms with E-state index >= 15 is 0 Å². The molecule has 0 aliphatic carbocycles. The molecule has 26 heavy (non-hydrogen) atoms. The molecule has 0 atom stereocenters. The van der Waals surface area contributed by atoms with Crippen molar-refractivity contribution < 1.29 is 19.1 Å². The van der Waals surface area contributed by atoms with Crippen molar-refractivity contribution in [2.45, 2.75) is 13.3 Å². The van der Waals surface area contributed by atoms with Crippen LogP contribution in [0.25, 0.3) is 10.8 Å². The first-order valence-electron chi connectivity index (χ1n) is 8.55. The van der Waals surface area contributed by atoms with Gasteiger partial charge in [-0.25, -0.2) is 4.79 Å². The molecule has 0 radical (unpaired) electrons. The number of fused-ring (bicyclic) bond motifs is 1. The summed E-state index contributed by atoms with van der Waals surface area (Å²) in [7, 11) is 0. The molecule has 0 heterocycles. The SMILES string of the molecule is CCc1ccc(OCC(=O)OCC(=O)c2cccc3ccccc23)cc1. The van der Waals surface area contributed by atoms with Gasteiger partial charge in [0, 0.05) is 5.56 Å². The normalized spacial score (nSPS) is 10.5. The Morgan fingerprint density at radius 3 is 2.35 bits per heavy atom. The third-order valence-corrected chi connectivity index (χ3v) is 4.14. The van der Waals surface area contributed by atoms with Crippen molar-refractivity contribution in [3.8, 4) is 5.75 Å². The molecule has 0 aliphatic rings. The van der Waals surface area contributed by atoms with Gasteiger partial charge in [-0.2, -0.15) is 0 Å². The summed E-state index contributed by atoms with van der Waals surface area (Å²) in [6.45, 7) is 1.54. The Balaban J connectivity index is 1.54. The first kappa shape index (κ1) is 17.7. The average molecular weight is 348 g/mol. The molecule has 0 bridgehead atoms. The molecule has 3 aromatic carbocycles. The fourth-order valence-electron chi connectivity index (χ4n) is 2.70. The van der Waals surface area contributed by atoms with E-state index in [1.807, 2.05) is 60.7 Å². The van der Waals surface area contributed by atoms with Gasteiger partial charge in [0.2, 0.25) is 5.78 Å². The smallest absolute Gasteiger partial charge is 0.344 e. The fourth-order valence-corrected chi connectivity index (χ4v) is 2.70. The van der Waals surface area contributed by atoms with Crippen LogP contribution in [-0.2, 0) is 16.0 Å². The topological polar surface area (TPSA) is 52.6 Å². The van der Waals surface area contributed by atoms with Crippen molar-refractivity contribution in [1.82, 2.24) is 0 Å². The number of carbonyl (C=O) groups excluding carboxylic acids is 2. The Hall–Kier alpha value is -3.14. The maximum Gasteiger partial charge on any atom is 0.344 e. The largest absolute Gasteiger partial charge is 0.482 e. The van der Waals surface area contributed by atoms with E-state index in [2.05, 4.69) is 6.92 Å². The van der Waals surface area contributed by atoms with E-state index in [0.717, 1.165) is 17.2 Å². The van der Waals surface area contributed by atoms with E-state index in [0.29, 0.717) is 11.3 Å². The van der Waals surface area contributed by atoms with Crippen LogP contribution in [0.1, 0.15) is 22.8 Å². The number of hydrogen-bond acceptors (Lipinski definition) is 4. The minimum absolute atomic E-state index is 0.228. The standard InChI is InChI=1S/C22H20O4/c1-2-16-10-12-18(13-11-16)25-15-22(24)26-14-21(23)20-9-5-7-17-6-3-4-8-19(17)20/h3-13H,2,14-15H2,1H3. The Bertz CT molecular complexity index is 908. The summed E-state index contributed by atoms with van der Waals surface area (Å²) in [5, 5.41) is 1.83. The molecule has 0 spiro atoms. The second-order valence-corrected chi connectivity index (χ2v) is 5.90. The molecule has 4 nitrogen and oxygen atoms in total. The van der Waals surface area contributed by atoms with Gasteiger partial charge >= 0.3 is 5.97 Å². The lowest BCUT2D eigenvalue weighted by Gasteiger charge is -2.08. The summed E-state index contributed by atoms with van der Waals surface area (Å²) in [5.74, 6) is -0.208. The number of benzene rings is 3. The lowest BCUT2D eigenvalue weighted by Crippen LogP contribution is -2.19. The van der Waals surface area contributed by atoms with Crippen LogP contribution in [0, 0.1) is 0 Å². The molecule has 4 heteroatoms. The number of esters is 1. The first-order chi connectivity index (χ1) is 12.7. The van der Waals surface area contributed by atoms with Crippen LogP contribution < -0.4 is 4.74 Å². The Labute approximate surface area is 152 Å². The predicted octanol–water partition coefficient (Wildman–Crippen LogP) is 4.21. The molecule has 0 N–H and O–H groups in total. The van der Waals surface area contributed by atoms with Crippen molar-refractivity contribution >= 4 is 22.5 Å². The van der Waals surface area contributed by atoms with E-state index in [1.54, 1.807) is 6.07 Å². The van der Waals surface area contributed by atoms with Crippen molar-refractivity contribution in [3.63, 3.8) is 0 Å². The molecule has 0 aromatic heterocycles. The van der Waals surface area contributed by atoms with Gasteiger partial charge in [-0.3, -0.25) is 4.79 Å². The second kappa shape index (κ2) is 8.30. The minimum Gasteiger partial charge on any atom is -0.482 e. The zero-order valence-electron chi connectivity index (χ0n) is 14.6. The van der Waals surface area contributed by atoms with Crippen LogP contribution >= 0.6 is 0 Å². The molecule has 0 saturated heterocycles. The monoisotopic (exact) mass is 348 g/mol. The van der Waals surface area contributed by atoms with Crippen LogP contribution in [0.2, 0.25) is 0 Å². The second-order valence-electron chi connectivity index (χ2n) is 5.90. The van der Waals surface area contributed by atoms with Gasteiger partial charge in [0.05, 0.1) is 0 Å². The minimum atomic E-state index is -0.571. The summed E-state index contributed by atoms with van der Waals surface area (Å²) < 4.78 is 10.4. The van der Waals surface area contributed by atoms with E-state index in [9.17, 15) is 9.59 Å². The van der Waals surface area contributed by atoms with Gasteiger partial charge in [-0.05, 0) is 34.9 Å². The molecular formula is C22H20O4. The average Bonchev–Trinajstić information content (AvgIpc) is 2.70. The van der Waals surface area contributed by atoms with Crippen molar-refractivity contribution in [2.24, 2.45) is 0 Å². The third kappa shape index (κ3) is 4.28. The number of Topliss-reactive ketones (excluding diaryl/α,β-unsaturated/α-hetero) is 1. The molecule has 0 amide bonds. The van der Waals surface area contributed by atoms with Gasteiger partial charge in [-0.15, -0.1) is 0 Å². The molecule has 3 rings (SSSR count). The highest BCUT2D eigenvalue weighted by atomic mass is 16.6. The number of ether oxygens (including phenoxy) is 2. The van der Waals surface area contributed by atoms with E-state index in [-0.39, 0.29) is 19.0 Å². The summed E-state index contributed by atoms with van der Waals surface area (Å²) >= 11 is 0. The van der Waals surface area contributed by atoms with Gasteiger partial charge in [0.25, 0.3) is 0 Å². The molecule has 132 valence electrons. The Morgan fingerprint density at radius 2 is 1.58 bits per heavy atom. The lowest BCUT2D eigenvalue weighted by atomic mass is 10.0. The summed E-state index contributed by atoms with van der Waals surface area (Å²) in [4.78, 5) is 24.2. The zero-order chi connectivity index (χ0) is 18.4. The number of carbonyl (C=O) groups is 2. The molecule has 0 aliphatic heterocycles. The van der Waals surface area contributed by atoms with Gasteiger partial charge in [0.1, 0.15) is 5.75 Å². The van der Waals surface area contributed by atoms with Crippen LogP contribution in [-0.4, -0.2) is 25.0 Å². The van der Waals surface area contributed by atoms with E-state index < -0.39 is 5.97 Å². The number of aryl methyl sites for hydroxylation is 1. The van der Waals surface area contributed by atoms with Crippen LogP contribution in [0.5, 0.6) is 5.75 Å². The van der Waals surface area contributed by atoms with Crippen LogP contribution in [0.4, 0.5) is 0 Å². The van der Waals surface area contributed by atoms with Gasteiger partial charge < -0.3 is 9.47 Å². The maximum atomic E-state index is 12.4. The molecule has 3 aromatic rings. The molecule has 0 unspecified atom stereocenters. The molecule has 0 fully saturated rings. The van der Waals surface area contributed by atoms with Crippen LogP contribution in [0.15, 0.2) is 66.7 Å². The molecule has 0 saturated carbocycles. The fraction of sp³-hybridized carbons (Fsp3) is 0.182. The Kier molecular flexibility index (Phi) is 5.64. The van der Waals surface area contributed by atoms with E-state index in [4.69, 9.17) is 9.47 Å². The first-order valence-corrected chi connectivity index (χ1v) is 8.55. The van der Waals surface area contributed by atoms with Crippen molar-refractivity contribution in [2.75, 3.05) is 13.2 Å². The maximum absolute atomic E-state index is 12.4. The number of rotatable bonds is 7. The summed E-state index contributed by atoms with van der Waals surface area (Å²) in [5.41, 5.74) is 1.74. The quantitative estimate of drug-likeness (QED) is 0.474. The predicted molar refractivity (Wildman–Crippen MR) is 101 cm³/mol. The number of hydrogen-bond donors (Lipinski definition) is 0. The van der Waals surface area contributed by atoms with Crippen LogP contribution in [0.3, 0.4) is 0 Å². The highest BCUT2D eigenvalue weighted by Gasteiger charge is 2.13. The zero-order valence-corrected chi connectivity index (χ0v) is 14.6. The van der Waals surface area contributed by atoms with E-state index in [1.165, 1.54) is 5.56 Å². The number of ketones is 1. The Morgan fingerprint density at radius 1 is 0.846 bits per heavy atom. The highest BCUT2D eigenvalue weighted by molar-refractivity contribution is 6.09. The highest BCUT2D eigenvalue weighted by Crippen LogP contribution is 2.19. The summed E-state index contributed by atoms with van der Waals surface area (Å²) in [6.07, 6.45) is 0.943.